The molecule has 0 radical (unpaired) electrons. The van der Waals surface area contributed by atoms with E-state index in [0.717, 1.165) is 49.1 Å². The van der Waals surface area contributed by atoms with E-state index in [-0.39, 0.29) is 5.91 Å². The van der Waals surface area contributed by atoms with Gasteiger partial charge in [0.2, 0.25) is 5.91 Å². The first kappa shape index (κ1) is 16.7. The number of piperidine rings is 1. The third-order valence-corrected chi connectivity index (χ3v) is 6.13. The monoisotopic (exact) mass is 363 g/mol. The summed E-state index contributed by atoms with van der Waals surface area (Å²) in [5.41, 5.74) is 3.40. The molecule has 1 aromatic heterocycles. The molecule has 0 saturated carbocycles. The molecule has 6 nitrogen and oxygen atoms in total. The average molecular weight is 363 g/mol. The molecule has 1 aromatic carbocycles. The molecule has 0 spiro atoms. The third-order valence-electron chi connectivity index (χ3n) is 6.13. The summed E-state index contributed by atoms with van der Waals surface area (Å²) in [6.45, 7) is 7.18. The predicted molar refractivity (Wildman–Crippen MR) is 105 cm³/mol. The van der Waals surface area contributed by atoms with Crippen LogP contribution in [0.2, 0.25) is 0 Å². The minimum atomic E-state index is 0.233. The van der Waals surface area contributed by atoms with Gasteiger partial charge in [0, 0.05) is 49.2 Å². The van der Waals surface area contributed by atoms with Crippen LogP contribution in [-0.2, 0) is 11.2 Å². The number of hydrogen-bond donors (Lipinski definition) is 0. The number of carbonyl (C=O) groups excluding carboxylic acids is 1. The number of hydrogen-bond acceptors (Lipinski definition) is 5. The molecule has 0 N–H and O–H groups in total. The van der Waals surface area contributed by atoms with Crippen LogP contribution in [0.1, 0.15) is 23.5 Å². The first-order valence-electron chi connectivity index (χ1n) is 9.80. The van der Waals surface area contributed by atoms with Gasteiger partial charge in [-0.25, -0.2) is 9.97 Å². The first-order valence-corrected chi connectivity index (χ1v) is 9.80. The van der Waals surface area contributed by atoms with Crippen molar-refractivity contribution in [3.8, 4) is 0 Å². The van der Waals surface area contributed by atoms with Gasteiger partial charge in [0.05, 0.1) is 6.54 Å². The molecule has 2 unspecified atom stereocenters. The van der Waals surface area contributed by atoms with Gasteiger partial charge in [-0.15, -0.1) is 0 Å². The van der Waals surface area contributed by atoms with Crippen molar-refractivity contribution in [2.24, 2.45) is 0 Å². The molecule has 140 valence electrons. The zero-order chi connectivity index (χ0) is 18.5. The number of fused-ring (bicyclic) bond motifs is 3. The van der Waals surface area contributed by atoms with Crippen LogP contribution in [-0.4, -0.2) is 59.0 Å². The Morgan fingerprint density at radius 2 is 1.93 bits per heavy atom. The Balaban J connectivity index is 1.25. The second-order valence-corrected chi connectivity index (χ2v) is 7.96. The van der Waals surface area contributed by atoms with Crippen molar-refractivity contribution >= 4 is 17.4 Å². The van der Waals surface area contributed by atoms with E-state index < -0.39 is 0 Å². The van der Waals surface area contributed by atoms with Crippen molar-refractivity contribution < 1.29 is 4.79 Å². The van der Waals surface area contributed by atoms with Gasteiger partial charge < -0.3 is 9.80 Å². The number of anilines is 2. The number of para-hydroxylation sites is 1. The summed E-state index contributed by atoms with van der Waals surface area (Å²) >= 11 is 0. The molecule has 4 aliphatic rings. The molecule has 3 fully saturated rings. The second-order valence-electron chi connectivity index (χ2n) is 7.96. The maximum Gasteiger partial charge on any atom is 0.241 e. The largest absolute Gasteiger partial charge is 0.353 e. The van der Waals surface area contributed by atoms with E-state index in [1.807, 2.05) is 24.8 Å². The molecule has 3 saturated heterocycles. The molecule has 4 aliphatic heterocycles. The van der Waals surface area contributed by atoms with Gasteiger partial charge in [-0.05, 0) is 38.3 Å². The summed E-state index contributed by atoms with van der Waals surface area (Å²) in [6, 6.07) is 11.2. The molecule has 2 aromatic rings. The summed E-state index contributed by atoms with van der Waals surface area (Å²) < 4.78 is 0. The molecule has 0 aliphatic carbocycles. The summed E-state index contributed by atoms with van der Waals surface area (Å²) in [5.74, 6) is 2.08. The van der Waals surface area contributed by atoms with Crippen LogP contribution < -0.4 is 9.80 Å². The van der Waals surface area contributed by atoms with Gasteiger partial charge in [-0.2, -0.15) is 0 Å². The van der Waals surface area contributed by atoms with Gasteiger partial charge >= 0.3 is 0 Å². The van der Waals surface area contributed by atoms with Crippen LogP contribution in [0.4, 0.5) is 11.5 Å². The van der Waals surface area contributed by atoms with Gasteiger partial charge in [-0.1, -0.05) is 18.2 Å². The lowest BCUT2D eigenvalue weighted by Crippen LogP contribution is -2.70. The normalized spacial score (nSPS) is 23.9. The second kappa shape index (κ2) is 6.30. The summed E-state index contributed by atoms with van der Waals surface area (Å²) in [4.78, 5) is 28.6. The molecule has 1 amide bonds. The Labute approximate surface area is 159 Å². The highest BCUT2D eigenvalue weighted by Gasteiger charge is 2.46. The molecular weight excluding hydrogens is 338 g/mol. The van der Waals surface area contributed by atoms with Crippen LogP contribution in [0.5, 0.6) is 0 Å². The lowest BCUT2D eigenvalue weighted by molar-refractivity contribution is -0.124. The topological polar surface area (TPSA) is 52.6 Å². The van der Waals surface area contributed by atoms with E-state index in [0.29, 0.717) is 18.6 Å². The summed E-state index contributed by atoms with van der Waals surface area (Å²) in [6.07, 6.45) is 2.15. The zero-order valence-corrected chi connectivity index (χ0v) is 15.9. The Morgan fingerprint density at radius 1 is 1.15 bits per heavy atom. The molecule has 27 heavy (non-hydrogen) atoms. The number of piperazine rings is 1. The minimum Gasteiger partial charge on any atom is -0.353 e. The number of carbonyl (C=O) groups is 1. The molecule has 2 atom stereocenters. The van der Waals surface area contributed by atoms with Crippen molar-refractivity contribution in [3.63, 3.8) is 0 Å². The highest BCUT2D eigenvalue weighted by atomic mass is 16.2. The predicted octanol–water partition coefficient (Wildman–Crippen LogP) is 1.95. The van der Waals surface area contributed by atoms with Crippen LogP contribution >= 0.6 is 0 Å². The van der Waals surface area contributed by atoms with Crippen LogP contribution in [0.3, 0.4) is 0 Å². The maximum absolute atomic E-state index is 12.9. The first-order chi connectivity index (χ1) is 13.1. The Bertz CT molecular complexity index is 866. The zero-order valence-electron chi connectivity index (χ0n) is 15.9. The fraction of sp³-hybridized carbons (Fsp3) is 0.476. The Morgan fingerprint density at radius 3 is 2.70 bits per heavy atom. The van der Waals surface area contributed by atoms with Gasteiger partial charge in [-0.3, -0.25) is 9.69 Å². The number of rotatable bonds is 3. The Hall–Kier alpha value is -2.47. The molecular formula is C21H25N5O. The van der Waals surface area contributed by atoms with Crippen LogP contribution in [0, 0.1) is 13.8 Å². The molecule has 6 heteroatoms. The standard InChI is InChI=1S/C21H25N5O/c1-14-9-20(23-15(2)22-14)24-11-17-10-18(12-24)26(17)13-21(27)25-8-7-16-5-3-4-6-19(16)25/h3-6,9,17-18H,7-8,10-13H2,1-2H3. The lowest BCUT2D eigenvalue weighted by Gasteiger charge is -2.56. The quantitative estimate of drug-likeness (QED) is 0.834. The molecule has 5 heterocycles. The lowest BCUT2D eigenvalue weighted by atomic mass is 9.87. The summed E-state index contributed by atoms with van der Waals surface area (Å²) in [7, 11) is 0. The highest BCUT2D eigenvalue weighted by Crippen LogP contribution is 2.35. The van der Waals surface area contributed by atoms with E-state index in [4.69, 9.17) is 0 Å². The minimum absolute atomic E-state index is 0.233. The number of benzene rings is 1. The van der Waals surface area contributed by atoms with Crippen molar-refractivity contribution in [2.75, 3.05) is 36.0 Å². The van der Waals surface area contributed by atoms with Crippen molar-refractivity contribution in [1.29, 1.82) is 0 Å². The molecule has 2 bridgehead atoms. The number of aryl methyl sites for hydroxylation is 2. The maximum atomic E-state index is 12.9. The van der Waals surface area contributed by atoms with E-state index in [1.165, 1.54) is 12.0 Å². The van der Waals surface area contributed by atoms with Crippen molar-refractivity contribution in [3.05, 3.63) is 47.4 Å². The number of aromatic nitrogens is 2. The SMILES string of the molecule is Cc1cc(N2CC3CC(C2)N3CC(=O)N2CCc3ccccc32)nc(C)n1. The van der Waals surface area contributed by atoms with Crippen molar-refractivity contribution in [2.45, 2.75) is 38.8 Å². The third kappa shape index (κ3) is 2.88. The summed E-state index contributed by atoms with van der Waals surface area (Å²) in [5, 5.41) is 0. The van der Waals surface area contributed by atoms with E-state index in [1.54, 1.807) is 0 Å². The van der Waals surface area contributed by atoms with Crippen LogP contribution in [0.15, 0.2) is 30.3 Å². The van der Waals surface area contributed by atoms with Gasteiger partial charge in [0.1, 0.15) is 11.6 Å². The number of nitrogens with zero attached hydrogens (tertiary/aromatic N) is 5. The van der Waals surface area contributed by atoms with Gasteiger partial charge in [0.15, 0.2) is 0 Å². The van der Waals surface area contributed by atoms with Gasteiger partial charge in [0.25, 0.3) is 0 Å². The fourth-order valence-corrected chi connectivity index (χ4v) is 4.83. The fourth-order valence-electron chi connectivity index (χ4n) is 4.83. The van der Waals surface area contributed by atoms with E-state index in [2.05, 4.69) is 44.0 Å². The average Bonchev–Trinajstić information content (AvgIpc) is 3.09. The smallest absolute Gasteiger partial charge is 0.241 e. The van der Waals surface area contributed by atoms with Crippen molar-refractivity contribution in [1.82, 2.24) is 14.9 Å². The molecule has 6 rings (SSSR count). The number of amides is 1. The highest BCUT2D eigenvalue weighted by molar-refractivity contribution is 5.96. The van der Waals surface area contributed by atoms with Crippen LogP contribution in [0.25, 0.3) is 0 Å². The van der Waals surface area contributed by atoms with E-state index in [9.17, 15) is 4.79 Å². The Kier molecular flexibility index (Phi) is 3.90. The van der Waals surface area contributed by atoms with E-state index >= 15 is 0 Å².